The molecule has 0 aliphatic rings. The molecule has 0 saturated carbocycles. The van der Waals surface area contributed by atoms with Crippen molar-refractivity contribution in [3.05, 3.63) is 123 Å². The molecule has 4 aromatic carbocycles. The summed E-state index contributed by atoms with van der Waals surface area (Å²) in [6, 6.07) is 30.0. The second-order valence-corrected chi connectivity index (χ2v) is 9.10. The lowest BCUT2D eigenvalue weighted by Gasteiger charge is -2.15. The Hall–Kier alpha value is -3.04. The lowest BCUT2D eigenvalue weighted by Crippen LogP contribution is -1.97. The Labute approximate surface area is 207 Å². The molecule has 0 amide bonds. The molecule has 162 valence electrons. The maximum absolute atomic E-state index is 6.50. The van der Waals surface area contributed by atoms with E-state index in [1.165, 1.54) is 5.56 Å². The van der Waals surface area contributed by atoms with Crippen LogP contribution in [0.1, 0.15) is 11.1 Å². The Kier molecular flexibility index (Phi) is 6.24. The van der Waals surface area contributed by atoms with Crippen molar-refractivity contribution >= 4 is 57.1 Å². The molecule has 0 unspecified atom stereocenters. The summed E-state index contributed by atoms with van der Waals surface area (Å²) in [5.41, 5.74) is 7.13. The van der Waals surface area contributed by atoms with Gasteiger partial charge in [0.1, 0.15) is 0 Å². The molecule has 0 saturated heterocycles. The molecule has 0 atom stereocenters. The zero-order valence-corrected chi connectivity index (χ0v) is 19.8. The topological polar surface area (TPSA) is 24.9 Å². The summed E-state index contributed by atoms with van der Waals surface area (Å²) < 4.78 is 0. The van der Waals surface area contributed by atoms with E-state index in [2.05, 4.69) is 47.8 Å². The molecule has 5 aromatic rings. The van der Waals surface area contributed by atoms with Gasteiger partial charge in [-0.1, -0.05) is 89.4 Å². The van der Waals surface area contributed by atoms with Crippen molar-refractivity contribution in [2.45, 2.75) is 6.42 Å². The van der Waals surface area contributed by atoms with Gasteiger partial charge in [0.25, 0.3) is 0 Å². The molecule has 5 rings (SSSR count). The highest BCUT2D eigenvalue weighted by Gasteiger charge is 2.14. The molecular weight excluding hydrogens is 471 g/mol. The summed E-state index contributed by atoms with van der Waals surface area (Å²) in [5, 5.41) is 6.25. The highest BCUT2D eigenvalue weighted by molar-refractivity contribution is 6.35. The Morgan fingerprint density at radius 2 is 1.45 bits per heavy atom. The van der Waals surface area contributed by atoms with Crippen LogP contribution in [0, 0.1) is 0 Å². The number of pyridine rings is 1. The second-order valence-electron chi connectivity index (χ2n) is 7.82. The standard InChI is InChI=1S/C28H19Cl3N2/c29-21-14-22(30)16-24(15-21)33-23-9-4-8-19(13-23)27-20(12-18-6-2-1-3-7-18)17-32-28-25(27)10-5-11-26(28)31/h1-11,13-17,33H,12H2. The number of nitrogens with one attached hydrogen (secondary N) is 1. The van der Waals surface area contributed by atoms with Crippen LogP contribution in [0.4, 0.5) is 11.4 Å². The van der Waals surface area contributed by atoms with Crippen molar-refractivity contribution in [1.82, 2.24) is 4.98 Å². The van der Waals surface area contributed by atoms with Gasteiger partial charge in [-0.15, -0.1) is 0 Å². The first-order valence-corrected chi connectivity index (χ1v) is 11.6. The highest BCUT2D eigenvalue weighted by Crippen LogP contribution is 2.36. The number of para-hydroxylation sites is 1. The number of nitrogens with zero attached hydrogens (tertiary/aromatic N) is 1. The number of anilines is 2. The van der Waals surface area contributed by atoms with E-state index in [0.29, 0.717) is 15.1 Å². The average molecular weight is 490 g/mol. The van der Waals surface area contributed by atoms with Crippen molar-refractivity contribution in [2.24, 2.45) is 0 Å². The van der Waals surface area contributed by atoms with Crippen LogP contribution < -0.4 is 5.32 Å². The normalized spacial score (nSPS) is 11.0. The molecule has 0 bridgehead atoms. The fourth-order valence-electron chi connectivity index (χ4n) is 4.06. The molecule has 2 nitrogen and oxygen atoms in total. The Morgan fingerprint density at radius 3 is 2.24 bits per heavy atom. The summed E-state index contributed by atoms with van der Waals surface area (Å²) in [6.45, 7) is 0. The monoisotopic (exact) mass is 488 g/mol. The van der Waals surface area contributed by atoms with E-state index in [-0.39, 0.29) is 0 Å². The van der Waals surface area contributed by atoms with Crippen LogP contribution in [0.5, 0.6) is 0 Å². The van der Waals surface area contributed by atoms with Gasteiger partial charge in [-0.25, -0.2) is 0 Å². The molecular formula is C28H19Cl3N2. The van der Waals surface area contributed by atoms with Crippen LogP contribution in [0.15, 0.2) is 97.2 Å². The van der Waals surface area contributed by atoms with Crippen LogP contribution in [0.25, 0.3) is 22.0 Å². The number of hydrogen-bond donors (Lipinski definition) is 1. The SMILES string of the molecule is Clc1cc(Cl)cc(Nc2cccc(-c3c(Cc4ccccc4)cnc4c(Cl)cccc34)c2)c1. The number of aromatic nitrogens is 1. The first-order valence-electron chi connectivity index (χ1n) is 10.5. The molecule has 1 aromatic heterocycles. The first-order chi connectivity index (χ1) is 16.1. The van der Waals surface area contributed by atoms with Gasteiger partial charge in [0.05, 0.1) is 10.5 Å². The second kappa shape index (κ2) is 9.44. The van der Waals surface area contributed by atoms with E-state index in [1.807, 2.05) is 48.7 Å². The van der Waals surface area contributed by atoms with Crippen LogP contribution in [0.3, 0.4) is 0 Å². The van der Waals surface area contributed by atoms with Crippen molar-refractivity contribution < 1.29 is 0 Å². The summed E-state index contributed by atoms with van der Waals surface area (Å²) in [7, 11) is 0. The van der Waals surface area contributed by atoms with Crippen LogP contribution in [0.2, 0.25) is 15.1 Å². The van der Waals surface area contributed by atoms with Gasteiger partial charge in [0, 0.05) is 33.0 Å². The fraction of sp³-hybridized carbons (Fsp3) is 0.0357. The number of benzene rings is 4. The zero-order valence-electron chi connectivity index (χ0n) is 17.5. The Bertz CT molecular complexity index is 1430. The molecule has 5 heteroatoms. The molecule has 1 N–H and O–H groups in total. The first kappa shape index (κ1) is 21.8. The van der Waals surface area contributed by atoms with E-state index in [0.717, 1.165) is 45.4 Å². The van der Waals surface area contributed by atoms with Crippen molar-refractivity contribution in [3.8, 4) is 11.1 Å². The van der Waals surface area contributed by atoms with Crippen molar-refractivity contribution in [1.29, 1.82) is 0 Å². The third-order valence-electron chi connectivity index (χ3n) is 5.47. The molecule has 0 radical (unpaired) electrons. The van der Waals surface area contributed by atoms with E-state index >= 15 is 0 Å². The van der Waals surface area contributed by atoms with Crippen molar-refractivity contribution in [2.75, 3.05) is 5.32 Å². The third kappa shape index (κ3) is 4.84. The predicted molar refractivity (Wildman–Crippen MR) is 141 cm³/mol. The number of halogens is 3. The lowest BCUT2D eigenvalue weighted by atomic mass is 9.92. The summed E-state index contributed by atoms with van der Waals surface area (Å²) in [6.07, 6.45) is 2.71. The molecule has 0 aliphatic carbocycles. The van der Waals surface area contributed by atoms with Gasteiger partial charge in [-0.3, -0.25) is 4.98 Å². The van der Waals surface area contributed by atoms with Crippen LogP contribution in [-0.2, 0) is 6.42 Å². The van der Waals surface area contributed by atoms with Crippen molar-refractivity contribution in [3.63, 3.8) is 0 Å². The smallest absolute Gasteiger partial charge is 0.0894 e. The predicted octanol–water partition coefficient (Wildman–Crippen LogP) is 9.20. The van der Waals surface area contributed by atoms with Crippen LogP contribution in [-0.4, -0.2) is 4.98 Å². The summed E-state index contributed by atoms with van der Waals surface area (Å²) in [5.74, 6) is 0. The summed E-state index contributed by atoms with van der Waals surface area (Å²) in [4.78, 5) is 4.70. The quantitative estimate of drug-likeness (QED) is 0.266. The molecule has 0 aliphatic heterocycles. The average Bonchev–Trinajstić information content (AvgIpc) is 2.79. The minimum absolute atomic E-state index is 0.584. The van der Waals surface area contributed by atoms with E-state index in [9.17, 15) is 0 Å². The largest absolute Gasteiger partial charge is 0.355 e. The van der Waals surface area contributed by atoms with E-state index in [1.54, 1.807) is 6.07 Å². The molecule has 0 fully saturated rings. The highest BCUT2D eigenvalue weighted by atomic mass is 35.5. The van der Waals surface area contributed by atoms with Gasteiger partial charge in [0.15, 0.2) is 0 Å². The van der Waals surface area contributed by atoms with Crippen LogP contribution >= 0.6 is 34.8 Å². The Morgan fingerprint density at radius 1 is 0.697 bits per heavy atom. The van der Waals surface area contributed by atoms with Gasteiger partial charge in [-0.05, 0) is 65.1 Å². The molecule has 0 spiro atoms. The van der Waals surface area contributed by atoms with Gasteiger partial charge in [0.2, 0.25) is 0 Å². The minimum atomic E-state index is 0.584. The lowest BCUT2D eigenvalue weighted by molar-refractivity contribution is 1.17. The minimum Gasteiger partial charge on any atom is -0.355 e. The summed E-state index contributed by atoms with van der Waals surface area (Å²) >= 11 is 18.9. The Balaban J connectivity index is 1.63. The van der Waals surface area contributed by atoms with Gasteiger partial charge in [-0.2, -0.15) is 0 Å². The maximum Gasteiger partial charge on any atom is 0.0894 e. The zero-order chi connectivity index (χ0) is 22.8. The third-order valence-corrected chi connectivity index (χ3v) is 6.21. The number of hydrogen-bond acceptors (Lipinski definition) is 2. The molecule has 33 heavy (non-hydrogen) atoms. The van der Waals surface area contributed by atoms with Gasteiger partial charge >= 0.3 is 0 Å². The fourth-order valence-corrected chi connectivity index (χ4v) is 4.81. The van der Waals surface area contributed by atoms with E-state index in [4.69, 9.17) is 39.8 Å². The molecule has 1 heterocycles. The van der Waals surface area contributed by atoms with Gasteiger partial charge < -0.3 is 5.32 Å². The van der Waals surface area contributed by atoms with E-state index < -0.39 is 0 Å². The number of rotatable bonds is 5. The maximum atomic E-state index is 6.50. The number of fused-ring (bicyclic) bond motifs is 1.